The summed E-state index contributed by atoms with van der Waals surface area (Å²) in [6.07, 6.45) is 0.280. The number of fused-ring (bicyclic) bond motifs is 1. The summed E-state index contributed by atoms with van der Waals surface area (Å²) < 4.78 is 0. The van der Waals surface area contributed by atoms with Crippen LogP contribution in [0, 0.1) is 20.8 Å². The second-order valence-corrected chi connectivity index (χ2v) is 6.47. The first-order chi connectivity index (χ1) is 11.9. The van der Waals surface area contributed by atoms with E-state index in [0.717, 1.165) is 44.4 Å². The van der Waals surface area contributed by atoms with Gasteiger partial charge in [0.15, 0.2) is 0 Å². The van der Waals surface area contributed by atoms with E-state index in [-0.39, 0.29) is 18.1 Å². The first kappa shape index (κ1) is 17.0. The van der Waals surface area contributed by atoms with E-state index in [4.69, 9.17) is 4.98 Å². The summed E-state index contributed by atoms with van der Waals surface area (Å²) in [5, 5.41) is 14.2. The Morgan fingerprint density at radius 3 is 2.60 bits per heavy atom. The van der Waals surface area contributed by atoms with Crippen molar-refractivity contribution in [2.45, 2.75) is 27.2 Å². The van der Waals surface area contributed by atoms with Crippen LogP contribution in [0.4, 0.5) is 0 Å². The molecule has 0 radical (unpaired) electrons. The normalized spacial score (nSPS) is 10.9. The monoisotopic (exact) mass is 334 g/mol. The molecule has 0 bridgehead atoms. The van der Waals surface area contributed by atoms with Crippen LogP contribution in [0.2, 0.25) is 0 Å². The molecule has 1 heterocycles. The molecule has 1 aromatic heterocycles. The molecule has 0 aliphatic carbocycles. The number of aryl methyl sites for hydroxylation is 3. The molecule has 3 aromatic rings. The van der Waals surface area contributed by atoms with Crippen molar-refractivity contribution in [1.29, 1.82) is 0 Å². The quantitative estimate of drug-likeness (QED) is 0.765. The van der Waals surface area contributed by atoms with E-state index < -0.39 is 0 Å². The number of likely N-dealkylation sites (N-methyl/N-ethyl adjacent to an activating group) is 1. The van der Waals surface area contributed by atoms with Gasteiger partial charge in [0, 0.05) is 18.0 Å². The Morgan fingerprint density at radius 2 is 1.88 bits per heavy atom. The van der Waals surface area contributed by atoms with E-state index in [1.165, 1.54) is 0 Å². The van der Waals surface area contributed by atoms with Crippen LogP contribution in [0.25, 0.3) is 22.2 Å². The van der Waals surface area contributed by atoms with Gasteiger partial charge < -0.3 is 10.4 Å². The van der Waals surface area contributed by atoms with Crippen LogP contribution in [0.15, 0.2) is 36.4 Å². The number of rotatable bonds is 3. The number of amides is 1. The second-order valence-electron chi connectivity index (χ2n) is 6.47. The van der Waals surface area contributed by atoms with E-state index in [2.05, 4.69) is 5.32 Å². The van der Waals surface area contributed by atoms with Gasteiger partial charge in [-0.2, -0.15) is 0 Å². The summed E-state index contributed by atoms with van der Waals surface area (Å²) in [7, 11) is 1.63. The van der Waals surface area contributed by atoms with Crippen LogP contribution in [-0.4, -0.2) is 23.0 Å². The number of benzene rings is 2. The molecule has 2 N–H and O–H groups in total. The molecule has 0 spiro atoms. The molecule has 0 aliphatic rings. The number of nitrogens with zero attached hydrogens (tertiary/aromatic N) is 1. The number of hydrogen-bond donors (Lipinski definition) is 2. The number of pyridine rings is 1. The van der Waals surface area contributed by atoms with Crippen molar-refractivity contribution in [3.8, 4) is 17.0 Å². The molecular formula is C21H22N2O2. The molecular weight excluding hydrogens is 312 g/mol. The number of nitrogens with one attached hydrogen (secondary N) is 1. The van der Waals surface area contributed by atoms with Crippen molar-refractivity contribution in [2.75, 3.05) is 7.05 Å². The smallest absolute Gasteiger partial charge is 0.224 e. The van der Waals surface area contributed by atoms with Crippen molar-refractivity contribution in [3.05, 3.63) is 58.7 Å². The molecule has 0 saturated heterocycles. The zero-order valence-corrected chi connectivity index (χ0v) is 15.0. The van der Waals surface area contributed by atoms with Crippen LogP contribution < -0.4 is 5.32 Å². The molecule has 128 valence electrons. The number of phenolic OH excluding ortho intramolecular Hbond substituents is 1. The highest BCUT2D eigenvalue weighted by atomic mass is 16.3. The highest BCUT2D eigenvalue weighted by Gasteiger charge is 2.14. The van der Waals surface area contributed by atoms with Crippen molar-refractivity contribution in [1.82, 2.24) is 10.3 Å². The number of aromatic hydroxyl groups is 1. The number of carbonyl (C=O) groups excluding carboxylic acids is 1. The van der Waals surface area contributed by atoms with E-state index in [1.807, 2.05) is 57.2 Å². The maximum atomic E-state index is 11.8. The molecule has 4 heteroatoms. The maximum absolute atomic E-state index is 11.8. The molecule has 0 saturated carbocycles. The predicted octanol–water partition coefficient (Wildman–Crippen LogP) is 3.82. The van der Waals surface area contributed by atoms with E-state index >= 15 is 0 Å². The number of para-hydroxylation sites is 1. The van der Waals surface area contributed by atoms with Gasteiger partial charge in [0.05, 0.1) is 17.6 Å². The molecule has 3 rings (SSSR count). The third-order valence-electron chi connectivity index (χ3n) is 4.48. The lowest BCUT2D eigenvalue weighted by molar-refractivity contribution is -0.119. The average molecular weight is 334 g/mol. The molecule has 25 heavy (non-hydrogen) atoms. The molecule has 4 nitrogen and oxygen atoms in total. The third kappa shape index (κ3) is 3.20. The van der Waals surface area contributed by atoms with E-state index in [9.17, 15) is 9.90 Å². The standard InChI is InChI=1S/C21H22N2O2/c1-12-8-14(3)21(25)17(9-12)18-10-13(2)16-7-5-6-15(20(16)23-18)11-19(24)22-4/h5-10,25H,11H2,1-4H3,(H,22,24). The number of phenols is 1. The fourth-order valence-electron chi connectivity index (χ4n) is 3.17. The lowest BCUT2D eigenvalue weighted by Crippen LogP contribution is -2.20. The van der Waals surface area contributed by atoms with Gasteiger partial charge >= 0.3 is 0 Å². The largest absolute Gasteiger partial charge is 0.507 e. The molecule has 0 aliphatic heterocycles. The fraction of sp³-hybridized carbons (Fsp3) is 0.238. The minimum atomic E-state index is -0.0494. The minimum absolute atomic E-state index is 0.0494. The molecule has 0 atom stereocenters. The molecule has 1 amide bonds. The van der Waals surface area contributed by atoms with Gasteiger partial charge in [-0.3, -0.25) is 4.79 Å². The number of aromatic nitrogens is 1. The Labute approximate surface area is 147 Å². The van der Waals surface area contributed by atoms with Crippen molar-refractivity contribution < 1.29 is 9.90 Å². The Kier molecular flexibility index (Phi) is 4.45. The Morgan fingerprint density at radius 1 is 1.12 bits per heavy atom. The lowest BCUT2D eigenvalue weighted by atomic mass is 9.98. The summed E-state index contributed by atoms with van der Waals surface area (Å²) in [5.41, 5.74) is 6.09. The zero-order valence-electron chi connectivity index (χ0n) is 15.0. The van der Waals surface area contributed by atoms with Crippen molar-refractivity contribution in [2.24, 2.45) is 0 Å². The third-order valence-corrected chi connectivity index (χ3v) is 4.48. The van der Waals surface area contributed by atoms with Crippen LogP contribution in [0.1, 0.15) is 22.3 Å². The first-order valence-electron chi connectivity index (χ1n) is 8.31. The van der Waals surface area contributed by atoms with Crippen molar-refractivity contribution in [3.63, 3.8) is 0 Å². The molecule has 0 fully saturated rings. The van der Waals surface area contributed by atoms with Gasteiger partial charge in [-0.05, 0) is 55.2 Å². The van der Waals surface area contributed by atoms with Crippen LogP contribution in [0.5, 0.6) is 5.75 Å². The van der Waals surface area contributed by atoms with Gasteiger partial charge in [-0.25, -0.2) is 4.98 Å². The number of carbonyl (C=O) groups is 1. The predicted molar refractivity (Wildman–Crippen MR) is 101 cm³/mol. The Balaban J connectivity index is 2.25. The van der Waals surface area contributed by atoms with Gasteiger partial charge in [0.25, 0.3) is 0 Å². The van der Waals surface area contributed by atoms with Gasteiger partial charge in [-0.1, -0.05) is 24.3 Å². The highest BCUT2D eigenvalue weighted by molar-refractivity contribution is 5.91. The maximum Gasteiger partial charge on any atom is 0.224 e. The Hall–Kier alpha value is -2.88. The summed E-state index contributed by atoms with van der Waals surface area (Å²) in [6, 6.07) is 11.8. The second kappa shape index (κ2) is 6.55. The van der Waals surface area contributed by atoms with Crippen LogP contribution >= 0.6 is 0 Å². The van der Waals surface area contributed by atoms with Crippen LogP contribution in [-0.2, 0) is 11.2 Å². The summed E-state index contributed by atoms with van der Waals surface area (Å²) >= 11 is 0. The summed E-state index contributed by atoms with van der Waals surface area (Å²) in [6.45, 7) is 5.91. The van der Waals surface area contributed by atoms with Gasteiger partial charge in [0.1, 0.15) is 5.75 Å². The zero-order chi connectivity index (χ0) is 18.1. The van der Waals surface area contributed by atoms with E-state index in [1.54, 1.807) is 7.05 Å². The highest BCUT2D eigenvalue weighted by Crippen LogP contribution is 2.34. The van der Waals surface area contributed by atoms with Gasteiger partial charge in [-0.15, -0.1) is 0 Å². The first-order valence-corrected chi connectivity index (χ1v) is 8.31. The topological polar surface area (TPSA) is 62.2 Å². The lowest BCUT2D eigenvalue weighted by Gasteiger charge is -2.13. The molecule has 2 aromatic carbocycles. The fourth-order valence-corrected chi connectivity index (χ4v) is 3.17. The average Bonchev–Trinajstić information content (AvgIpc) is 2.58. The van der Waals surface area contributed by atoms with Crippen LogP contribution in [0.3, 0.4) is 0 Å². The Bertz CT molecular complexity index is 977. The van der Waals surface area contributed by atoms with E-state index in [0.29, 0.717) is 0 Å². The minimum Gasteiger partial charge on any atom is -0.507 e. The molecule has 0 unspecified atom stereocenters. The number of hydrogen-bond acceptors (Lipinski definition) is 3. The van der Waals surface area contributed by atoms with Crippen molar-refractivity contribution >= 4 is 16.8 Å². The van der Waals surface area contributed by atoms with Gasteiger partial charge in [0.2, 0.25) is 5.91 Å². The SMILES string of the molecule is CNC(=O)Cc1cccc2c(C)cc(-c3cc(C)cc(C)c3O)nc12. The summed E-state index contributed by atoms with van der Waals surface area (Å²) in [5.74, 6) is 0.201. The summed E-state index contributed by atoms with van der Waals surface area (Å²) in [4.78, 5) is 16.6.